The Bertz CT molecular complexity index is 2180. The van der Waals surface area contributed by atoms with Gasteiger partial charge in [-0.05, 0) is 73.8 Å². The van der Waals surface area contributed by atoms with Gasteiger partial charge in [0.1, 0.15) is 0 Å². The zero-order valence-corrected chi connectivity index (χ0v) is 41.2. The standard InChI is InChI=1S/C53H79N3OS3/c1-8-15-20-23-28-45(57)47-36-44-51(59-47)53-49(56(44)38-40(14-7)27-19-12-5)48-52(60-53)50-43(55(48)37-39(13-6)26-18-11-4)35-46(58-50)41-29-31-42(32-30-41)54(33-24-21-16-9-2)34-25-22-17-10-3/h29-32,35-36,39-40H,8-28,33-34,37-38H2,1-7H3. The van der Waals surface area contributed by atoms with Crippen molar-refractivity contribution in [3.05, 3.63) is 41.3 Å². The van der Waals surface area contributed by atoms with Crippen molar-refractivity contribution in [2.45, 2.75) is 196 Å². The Labute approximate surface area is 376 Å². The number of aromatic nitrogens is 2. The van der Waals surface area contributed by atoms with E-state index in [0.29, 0.717) is 24.0 Å². The molecule has 330 valence electrons. The summed E-state index contributed by atoms with van der Waals surface area (Å²) in [4.78, 5) is 18.7. The van der Waals surface area contributed by atoms with Crippen molar-refractivity contribution in [2.75, 3.05) is 18.0 Å². The van der Waals surface area contributed by atoms with Crippen LogP contribution in [0.3, 0.4) is 0 Å². The van der Waals surface area contributed by atoms with E-state index in [2.05, 4.69) is 98.9 Å². The van der Waals surface area contributed by atoms with Gasteiger partial charge in [0.25, 0.3) is 0 Å². The molecular formula is C53H79N3OS3. The summed E-state index contributed by atoms with van der Waals surface area (Å²) in [5.41, 5.74) is 8.33. The minimum Gasteiger partial charge on any atom is -0.372 e. The van der Waals surface area contributed by atoms with Crippen molar-refractivity contribution in [3.63, 3.8) is 0 Å². The molecule has 4 nitrogen and oxygen atoms in total. The number of rotatable bonds is 30. The van der Waals surface area contributed by atoms with Crippen LogP contribution in [0.4, 0.5) is 5.69 Å². The van der Waals surface area contributed by atoms with Crippen LogP contribution >= 0.6 is 34.0 Å². The van der Waals surface area contributed by atoms with E-state index in [4.69, 9.17) is 0 Å². The van der Waals surface area contributed by atoms with Crippen LogP contribution in [0.1, 0.15) is 193 Å². The first-order valence-electron chi connectivity index (χ1n) is 24.8. The van der Waals surface area contributed by atoms with E-state index in [9.17, 15) is 4.79 Å². The number of fused-ring (bicyclic) bond motifs is 7. The molecule has 7 heteroatoms. The Morgan fingerprint density at radius 2 is 1.05 bits per heavy atom. The van der Waals surface area contributed by atoms with Crippen LogP contribution in [0.5, 0.6) is 0 Å². The van der Waals surface area contributed by atoms with Gasteiger partial charge in [-0.1, -0.05) is 157 Å². The number of benzene rings is 1. The molecule has 2 unspecified atom stereocenters. The molecule has 6 rings (SSSR count). The van der Waals surface area contributed by atoms with Gasteiger partial charge in [-0.2, -0.15) is 0 Å². The molecule has 0 radical (unpaired) electrons. The molecular weight excluding hydrogens is 791 g/mol. The Hall–Kier alpha value is -2.61. The van der Waals surface area contributed by atoms with Crippen LogP contribution in [-0.4, -0.2) is 28.0 Å². The summed E-state index contributed by atoms with van der Waals surface area (Å²) >= 11 is 5.80. The number of hydrogen-bond acceptors (Lipinski definition) is 5. The summed E-state index contributed by atoms with van der Waals surface area (Å²) in [6, 6.07) is 14.4. The molecule has 0 aliphatic heterocycles. The average Bonchev–Trinajstić information content (AvgIpc) is 4.08. The van der Waals surface area contributed by atoms with E-state index in [-0.39, 0.29) is 0 Å². The number of ketones is 1. The molecule has 0 N–H and O–H groups in total. The maximum atomic E-state index is 13.7. The molecule has 5 heterocycles. The fraction of sp³-hybridized carbons (Fsp3) is 0.642. The van der Waals surface area contributed by atoms with Crippen LogP contribution in [0.25, 0.3) is 51.3 Å². The third kappa shape index (κ3) is 11.1. The molecule has 1 aromatic carbocycles. The highest BCUT2D eigenvalue weighted by atomic mass is 32.1. The average molecular weight is 870 g/mol. The number of unbranched alkanes of at least 4 members (excludes halogenated alkanes) is 11. The van der Waals surface area contributed by atoms with E-state index in [1.807, 2.05) is 22.7 Å². The second-order valence-corrected chi connectivity index (χ2v) is 21.2. The van der Waals surface area contributed by atoms with Gasteiger partial charge in [-0.3, -0.25) is 4.79 Å². The molecule has 0 amide bonds. The lowest BCUT2D eigenvalue weighted by Crippen LogP contribution is -2.25. The fourth-order valence-corrected chi connectivity index (χ4v) is 13.3. The monoisotopic (exact) mass is 870 g/mol. The molecule has 0 spiro atoms. The van der Waals surface area contributed by atoms with Crippen molar-refractivity contribution in [2.24, 2.45) is 11.8 Å². The summed E-state index contributed by atoms with van der Waals surface area (Å²) in [6.07, 6.45) is 25.7. The number of nitrogens with zero attached hydrogens (tertiary/aromatic N) is 3. The lowest BCUT2D eigenvalue weighted by Gasteiger charge is -2.25. The first kappa shape index (κ1) is 46.9. The zero-order valence-electron chi connectivity index (χ0n) is 38.8. The summed E-state index contributed by atoms with van der Waals surface area (Å²) in [7, 11) is 0. The number of anilines is 1. The number of carbonyl (C=O) groups excluding carboxylic acids is 1. The summed E-state index contributed by atoms with van der Waals surface area (Å²) in [5, 5.41) is 0. The summed E-state index contributed by atoms with van der Waals surface area (Å²) in [5.74, 6) is 1.61. The van der Waals surface area contributed by atoms with Crippen LogP contribution < -0.4 is 4.90 Å². The second-order valence-electron chi connectivity index (χ2n) is 18.1. The Morgan fingerprint density at radius 3 is 1.57 bits per heavy atom. The Morgan fingerprint density at radius 1 is 0.550 bits per heavy atom. The second kappa shape index (κ2) is 23.7. The van der Waals surface area contributed by atoms with Gasteiger partial charge in [0.15, 0.2) is 5.78 Å². The van der Waals surface area contributed by atoms with Crippen LogP contribution in [0.15, 0.2) is 36.4 Å². The zero-order chi connectivity index (χ0) is 42.4. The number of Topliss-reactive ketones (excluding diaryl/α,β-unsaturated/α-hetero) is 1. The van der Waals surface area contributed by atoms with Gasteiger partial charge in [-0.15, -0.1) is 34.0 Å². The van der Waals surface area contributed by atoms with Crippen molar-refractivity contribution in [1.29, 1.82) is 0 Å². The normalized spacial score (nSPS) is 13.2. The Kier molecular flexibility index (Phi) is 18.5. The van der Waals surface area contributed by atoms with Gasteiger partial charge >= 0.3 is 0 Å². The van der Waals surface area contributed by atoms with Crippen LogP contribution in [-0.2, 0) is 13.1 Å². The molecule has 0 aliphatic carbocycles. The lowest BCUT2D eigenvalue weighted by atomic mass is 9.99. The minimum atomic E-state index is 0.338. The molecule has 0 aliphatic rings. The van der Waals surface area contributed by atoms with Crippen molar-refractivity contribution >= 4 is 86.3 Å². The minimum absolute atomic E-state index is 0.338. The first-order chi connectivity index (χ1) is 29.4. The molecule has 60 heavy (non-hydrogen) atoms. The molecule has 5 aromatic heterocycles. The molecule has 0 saturated heterocycles. The first-order valence-corrected chi connectivity index (χ1v) is 27.2. The largest absolute Gasteiger partial charge is 0.372 e. The predicted molar refractivity (Wildman–Crippen MR) is 272 cm³/mol. The quantitative estimate of drug-likeness (QED) is 0.0333. The summed E-state index contributed by atoms with van der Waals surface area (Å²) < 4.78 is 11.1. The SMILES string of the molecule is CCCCCCC(=O)c1cc2c(s1)c1sc3c4sc(-c5ccc(N(CCCCCC)CCCCCC)cc5)cc4n(CC(CC)CCCC)c3c1n2CC(CC)CCCC. The smallest absolute Gasteiger partial charge is 0.172 e. The van der Waals surface area contributed by atoms with Crippen molar-refractivity contribution in [1.82, 2.24) is 9.13 Å². The molecule has 2 atom stereocenters. The summed E-state index contributed by atoms with van der Waals surface area (Å²) in [6.45, 7) is 20.7. The Balaban J connectivity index is 1.45. The number of carbonyl (C=O) groups is 1. The third-order valence-corrected chi connectivity index (χ3v) is 17.2. The van der Waals surface area contributed by atoms with E-state index in [0.717, 1.165) is 43.9 Å². The van der Waals surface area contributed by atoms with Gasteiger partial charge in [0.05, 0.1) is 45.7 Å². The van der Waals surface area contributed by atoms with E-state index < -0.39 is 0 Å². The molecule has 0 fully saturated rings. The third-order valence-electron chi connectivity index (χ3n) is 13.4. The highest BCUT2D eigenvalue weighted by molar-refractivity contribution is 7.35. The van der Waals surface area contributed by atoms with Crippen LogP contribution in [0, 0.1) is 11.8 Å². The van der Waals surface area contributed by atoms with Gasteiger partial charge in [0, 0.05) is 43.2 Å². The molecule has 6 aromatic rings. The fourth-order valence-electron chi connectivity index (χ4n) is 9.46. The van der Waals surface area contributed by atoms with Crippen LogP contribution in [0.2, 0.25) is 0 Å². The number of hydrogen-bond donors (Lipinski definition) is 0. The molecule has 0 bridgehead atoms. The van der Waals surface area contributed by atoms with E-state index in [1.165, 1.54) is 173 Å². The van der Waals surface area contributed by atoms with Crippen molar-refractivity contribution in [3.8, 4) is 10.4 Å². The highest BCUT2D eigenvalue weighted by Gasteiger charge is 2.28. The van der Waals surface area contributed by atoms with E-state index >= 15 is 0 Å². The molecule has 0 saturated carbocycles. The van der Waals surface area contributed by atoms with Crippen molar-refractivity contribution < 1.29 is 4.79 Å². The maximum Gasteiger partial charge on any atom is 0.172 e. The lowest BCUT2D eigenvalue weighted by molar-refractivity contribution is 0.0983. The van der Waals surface area contributed by atoms with E-state index in [1.54, 1.807) is 11.3 Å². The predicted octanol–water partition coefficient (Wildman–Crippen LogP) is 18.3. The highest BCUT2D eigenvalue weighted by Crippen LogP contribution is 2.51. The maximum absolute atomic E-state index is 13.7. The topological polar surface area (TPSA) is 30.2 Å². The van der Waals surface area contributed by atoms with Gasteiger partial charge in [0.2, 0.25) is 0 Å². The van der Waals surface area contributed by atoms with Gasteiger partial charge < -0.3 is 14.0 Å². The number of thiophene rings is 3. The van der Waals surface area contributed by atoms with Gasteiger partial charge in [-0.25, -0.2) is 0 Å².